The van der Waals surface area contributed by atoms with Crippen LogP contribution in [0.3, 0.4) is 0 Å². The normalized spacial score (nSPS) is 25.2. The molecular weight excluding hydrogens is 198 g/mol. The van der Waals surface area contributed by atoms with Crippen molar-refractivity contribution >= 4 is 0 Å². The van der Waals surface area contributed by atoms with Gasteiger partial charge in [-0.3, -0.25) is 0 Å². The third kappa shape index (κ3) is 1.67. The minimum Gasteiger partial charge on any atom is -0.332 e. The third-order valence-corrected chi connectivity index (χ3v) is 4.27. The second-order valence-electron chi connectivity index (χ2n) is 5.32. The predicted molar refractivity (Wildman–Crippen MR) is 64.3 cm³/mol. The highest BCUT2D eigenvalue weighted by molar-refractivity contribution is 5.14. The molecule has 1 unspecified atom stereocenters. The Morgan fingerprint density at radius 3 is 2.94 bits per heavy atom. The van der Waals surface area contributed by atoms with E-state index < -0.39 is 0 Å². The van der Waals surface area contributed by atoms with E-state index in [-0.39, 0.29) is 0 Å². The van der Waals surface area contributed by atoms with Crippen LogP contribution in [-0.4, -0.2) is 16.1 Å². The lowest BCUT2D eigenvalue weighted by molar-refractivity contribution is 0.337. The highest BCUT2D eigenvalue weighted by Gasteiger charge is 2.28. The van der Waals surface area contributed by atoms with Gasteiger partial charge in [-0.2, -0.15) is 0 Å². The van der Waals surface area contributed by atoms with E-state index in [1.54, 1.807) is 0 Å². The Labute approximate surface area is 97.0 Å². The van der Waals surface area contributed by atoms with Crippen LogP contribution in [0.4, 0.5) is 0 Å². The molecule has 2 aliphatic rings. The SMILES string of the molecule is NCCC1CCn2c(cnc2C2CCC2)C1. The van der Waals surface area contributed by atoms with Gasteiger partial charge in [0.25, 0.3) is 0 Å². The van der Waals surface area contributed by atoms with E-state index in [1.165, 1.54) is 56.6 Å². The zero-order valence-corrected chi connectivity index (χ0v) is 9.86. The van der Waals surface area contributed by atoms with E-state index in [2.05, 4.69) is 15.7 Å². The van der Waals surface area contributed by atoms with Crippen LogP contribution in [0.25, 0.3) is 0 Å². The molecule has 1 aromatic heterocycles. The average Bonchev–Trinajstić information content (AvgIpc) is 2.60. The van der Waals surface area contributed by atoms with E-state index in [0.29, 0.717) is 0 Å². The summed E-state index contributed by atoms with van der Waals surface area (Å²) in [5, 5.41) is 0. The molecule has 1 aliphatic heterocycles. The zero-order chi connectivity index (χ0) is 11.0. The Morgan fingerprint density at radius 2 is 2.25 bits per heavy atom. The summed E-state index contributed by atoms with van der Waals surface area (Å²) in [5.41, 5.74) is 7.09. The maximum Gasteiger partial charge on any atom is 0.111 e. The number of imidazole rings is 1. The van der Waals surface area contributed by atoms with Crippen LogP contribution in [0.15, 0.2) is 6.20 Å². The molecule has 88 valence electrons. The van der Waals surface area contributed by atoms with Crippen LogP contribution < -0.4 is 5.73 Å². The molecule has 1 fully saturated rings. The van der Waals surface area contributed by atoms with Crippen LogP contribution in [0.1, 0.15) is 49.5 Å². The Balaban J connectivity index is 1.77. The van der Waals surface area contributed by atoms with Crippen molar-refractivity contribution in [3.8, 4) is 0 Å². The van der Waals surface area contributed by atoms with E-state index >= 15 is 0 Å². The Kier molecular flexibility index (Phi) is 2.72. The highest BCUT2D eigenvalue weighted by Crippen LogP contribution is 2.37. The van der Waals surface area contributed by atoms with E-state index in [0.717, 1.165) is 18.4 Å². The molecule has 1 aromatic rings. The molecule has 3 heteroatoms. The van der Waals surface area contributed by atoms with Gasteiger partial charge in [-0.15, -0.1) is 0 Å². The zero-order valence-electron chi connectivity index (χ0n) is 9.86. The maximum atomic E-state index is 5.64. The molecule has 0 aromatic carbocycles. The summed E-state index contributed by atoms with van der Waals surface area (Å²) in [4.78, 5) is 4.65. The van der Waals surface area contributed by atoms with Gasteiger partial charge in [-0.05, 0) is 44.6 Å². The number of nitrogens with zero attached hydrogens (tertiary/aromatic N) is 2. The molecule has 16 heavy (non-hydrogen) atoms. The monoisotopic (exact) mass is 219 g/mol. The molecule has 0 saturated heterocycles. The molecule has 3 nitrogen and oxygen atoms in total. The van der Waals surface area contributed by atoms with Gasteiger partial charge >= 0.3 is 0 Å². The van der Waals surface area contributed by atoms with Gasteiger partial charge < -0.3 is 10.3 Å². The van der Waals surface area contributed by atoms with Crippen LogP contribution >= 0.6 is 0 Å². The van der Waals surface area contributed by atoms with E-state index in [4.69, 9.17) is 5.73 Å². The van der Waals surface area contributed by atoms with Crippen molar-refractivity contribution in [2.45, 2.75) is 51.0 Å². The smallest absolute Gasteiger partial charge is 0.111 e. The van der Waals surface area contributed by atoms with Crippen LogP contribution in [0.2, 0.25) is 0 Å². The van der Waals surface area contributed by atoms with Gasteiger partial charge in [0.15, 0.2) is 0 Å². The van der Waals surface area contributed by atoms with E-state index in [1.807, 2.05) is 0 Å². The van der Waals surface area contributed by atoms with Crippen molar-refractivity contribution in [3.63, 3.8) is 0 Å². The second-order valence-corrected chi connectivity index (χ2v) is 5.32. The fourth-order valence-electron chi connectivity index (χ4n) is 3.03. The fraction of sp³-hybridized carbons (Fsp3) is 0.769. The topological polar surface area (TPSA) is 43.8 Å². The van der Waals surface area contributed by atoms with Gasteiger partial charge in [0.1, 0.15) is 5.82 Å². The minimum absolute atomic E-state index is 0.764. The van der Waals surface area contributed by atoms with Crippen molar-refractivity contribution in [3.05, 3.63) is 17.7 Å². The summed E-state index contributed by atoms with van der Waals surface area (Å²) in [7, 11) is 0. The summed E-state index contributed by atoms with van der Waals surface area (Å²) < 4.78 is 2.48. The van der Waals surface area contributed by atoms with E-state index in [9.17, 15) is 0 Å². The second kappa shape index (κ2) is 4.21. The largest absolute Gasteiger partial charge is 0.332 e. The summed E-state index contributed by atoms with van der Waals surface area (Å²) in [6, 6.07) is 0. The fourth-order valence-corrected chi connectivity index (χ4v) is 3.03. The number of hydrogen-bond acceptors (Lipinski definition) is 2. The van der Waals surface area contributed by atoms with Gasteiger partial charge in [-0.1, -0.05) is 6.42 Å². The molecule has 0 radical (unpaired) electrons. The first-order chi connectivity index (χ1) is 7.88. The first-order valence-electron chi connectivity index (χ1n) is 6.63. The van der Waals surface area contributed by atoms with Crippen molar-refractivity contribution in [2.75, 3.05) is 6.54 Å². The number of aromatic nitrogens is 2. The summed E-state index contributed by atoms with van der Waals surface area (Å²) in [6.07, 6.45) is 9.85. The predicted octanol–water partition coefficient (Wildman–Crippen LogP) is 2.06. The molecule has 2 N–H and O–H groups in total. The number of hydrogen-bond donors (Lipinski definition) is 1. The summed E-state index contributed by atoms with van der Waals surface area (Å²) in [5.74, 6) is 2.93. The lowest BCUT2D eigenvalue weighted by Gasteiger charge is -2.29. The number of fused-ring (bicyclic) bond motifs is 1. The molecule has 0 amide bonds. The quantitative estimate of drug-likeness (QED) is 0.845. The molecule has 1 atom stereocenters. The summed E-state index contributed by atoms with van der Waals surface area (Å²) >= 11 is 0. The molecule has 0 bridgehead atoms. The number of rotatable bonds is 3. The lowest BCUT2D eigenvalue weighted by atomic mass is 9.84. The van der Waals surface area contributed by atoms with Gasteiger partial charge in [0.2, 0.25) is 0 Å². The Hall–Kier alpha value is -0.830. The van der Waals surface area contributed by atoms with Crippen molar-refractivity contribution in [2.24, 2.45) is 11.7 Å². The maximum absolute atomic E-state index is 5.64. The summed E-state index contributed by atoms with van der Waals surface area (Å²) in [6.45, 7) is 2.00. The standard InChI is InChI=1S/C13H21N3/c14-6-4-10-5-7-16-12(8-10)9-15-13(16)11-2-1-3-11/h9-11H,1-8,14H2. The Bertz CT molecular complexity index is 365. The van der Waals surface area contributed by atoms with Crippen LogP contribution in [0, 0.1) is 5.92 Å². The molecule has 3 rings (SSSR count). The first kappa shape index (κ1) is 10.3. The molecular formula is C13H21N3. The van der Waals surface area contributed by atoms with Gasteiger partial charge in [0.05, 0.1) is 0 Å². The average molecular weight is 219 g/mol. The molecule has 2 heterocycles. The number of nitrogens with two attached hydrogens (primary N) is 1. The van der Waals surface area contributed by atoms with Crippen molar-refractivity contribution in [1.82, 2.24) is 9.55 Å². The molecule has 0 spiro atoms. The van der Waals surface area contributed by atoms with Crippen LogP contribution in [0.5, 0.6) is 0 Å². The van der Waals surface area contributed by atoms with Crippen molar-refractivity contribution < 1.29 is 0 Å². The molecule has 1 aliphatic carbocycles. The minimum atomic E-state index is 0.764. The first-order valence-corrected chi connectivity index (χ1v) is 6.63. The molecule has 1 saturated carbocycles. The van der Waals surface area contributed by atoms with Crippen LogP contribution in [-0.2, 0) is 13.0 Å². The third-order valence-electron chi connectivity index (χ3n) is 4.27. The highest BCUT2D eigenvalue weighted by atomic mass is 15.1. The lowest BCUT2D eigenvalue weighted by Crippen LogP contribution is -2.24. The van der Waals surface area contributed by atoms with Crippen molar-refractivity contribution in [1.29, 1.82) is 0 Å². The van der Waals surface area contributed by atoms with Gasteiger partial charge in [0, 0.05) is 24.4 Å². The van der Waals surface area contributed by atoms with Gasteiger partial charge in [-0.25, -0.2) is 4.98 Å². The Morgan fingerprint density at radius 1 is 1.38 bits per heavy atom.